The van der Waals surface area contributed by atoms with Crippen LogP contribution in [0.3, 0.4) is 0 Å². The first-order valence-electron chi connectivity index (χ1n) is 11.9. The lowest BCUT2D eigenvalue weighted by Gasteiger charge is -2.32. The monoisotopic (exact) mass is 494 g/mol. The lowest BCUT2D eigenvalue weighted by Crippen LogP contribution is -2.45. The van der Waals surface area contributed by atoms with Gasteiger partial charge < -0.3 is 20.3 Å². The molecule has 8 nitrogen and oxygen atoms in total. The smallest absolute Gasteiger partial charge is 0.235 e. The maximum Gasteiger partial charge on any atom is 0.235 e. The third kappa shape index (κ3) is 4.46. The van der Waals surface area contributed by atoms with Gasteiger partial charge in [0.1, 0.15) is 11.6 Å². The fraction of sp³-hybridized carbons (Fsp3) is 0.440. The number of rotatable bonds is 7. The molecular formula is C25H27FN6O2S. The molecule has 0 spiro atoms. The molecule has 1 amide bonds. The zero-order chi connectivity index (χ0) is 24.0. The van der Waals surface area contributed by atoms with Gasteiger partial charge >= 0.3 is 0 Å². The molecule has 2 aliphatic heterocycles. The molecule has 0 aromatic carbocycles. The van der Waals surface area contributed by atoms with E-state index >= 15 is 0 Å². The van der Waals surface area contributed by atoms with Crippen molar-refractivity contribution in [1.82, 2.24) is 25.2 Å². The number of likely N-dealkylation sites (tertiary alicyclic amines) is 1. The molecule has 10 heteroatoms. The molecule has 3 aromatic rings. The number of amides is 1. The summed E-state index contributed by atoms with van der Waals surface area (Å²) in [6.45, 7) is 3.44. The topological polar surface area (TPSA) is 92.3 Å². The number of methoxy groups -OCH3 is 1. The van der Waals surface area contributed by atoms with Crippen LogP contribution in [0.1, 0.15) is 24.1 Å². The second-order valence-corrected chi connectivity index (χ2v) is 10.5. The molecule has 2 fully saturated rings. The molecule has 2 unspecified atom stereocenters. The largest absolute Gasteiger partial charge is 0.481 e. The summed E-state index contributed by atoms with van der Waals surface area (Å²) in [5.74, 6) is 1.86. The van der Waals surface area contributed by atoms with Crippen LogP contribution in [0.5, 0.6) is 5.88 Å². The highest BCUT2D eigenvalue weighted by atomic mass is 32.2. The Morgan fingerprint density at radius 3 is 3.09 bits per heavy atom. The van der Waals surface area contributed by atoms with E-state index in [1.165, 1.54) is 18.0 Å². The molecule has 0 bridgehead atoms. The molecule has 1 saturated carbocycles. The number of thioether (sulfide) groups is 1. The average molecular weight is 495 g/mol. The van der Waals surface area contributed by atoms with E-state index in [2.05, 4.69) is 30.5 Å². The number of carbonyl (C=O) groups is 1. The highest BCUT2D eigenvalue weighted by molar-refractivity contribution is 8.00. The fourth-order valence-electron chi connectivity index (χ4n) is 5.26. The maximum atomic E-state index is 14.6. The summed E-state index contributed by atoms with van der Waals surface area (Å²) in [6.07, 6.45) is 4.07. The van der Waals surface area contributed by atoms with Crippen molar-refractivity contribution in [3.63, 3.8) is 0 Å². The van der Waals surface area contributed by atoms with Crippen molar-refractivity contribution in [3.8, 4) is 5.88 Å². The standard InChI is InChI=1S/C25H27FN6O2S/c1-34-22-5-3-19-23(31-22)17(18(26)12-27-19)6-8-32-9-7-25(10-15(25)13-32)28-11-16-2-4-20-24(29-16)30-21(33)14-35-20/h2-5,12,15,28H,6-11,13-14H2,1H3,(H,29,30,33). The third-order valence-electron chi connectivity index (χ3n) is 7.37. The third-order valence-corrected chi connectivity index (χ3v) is 8.41. The van der Waals surface area contributed by atoms with E-state index < -0.39 is 0 Å². The van der Waals surface area contributed by atoms with Crippen LogP contribution >= 0.6 is 11.8 Å². The first-order chi connectivity index (χ1) is 17.0. The number of pyridine rings is 3. The van der Waals surface area contributed by atoms with Gasteiger partial charge in [0, 0.05) is 36.8 Å². The van der Waals surface area contributed by atoms with Crippen LogP contribution in [0.25, 0.3) is 11.0 Å². The molecule has 3 aliphatic rings. The molecule has 1 saturated heterocycles. The van der Waals surface area contributed by atoms with E-state index in [0.29, 0.717) is 52.9 Å². The quantitative estimate of drug-likeness (QED) is 0.518. The SMILES string of the molecule is COc1ccc2ncc(F)c(CCN3CCC4(NCc5ccc6c(n5)NC(=O)CS6)CC4C3)c2n1. The number of nitrogens with zero attached hydrogens (tertiary/aromatic N) is 4. The Labute approximate surface area is 207 Å². The fourth-order valence-corrected chi connectivity index (χ4v) is 6.02. The van der Waals surface area contributed by atoms with Crippen LogP contribution in [0.4, 0.5) is 10.2 Å². The lowest BCUT2D eigenvalue weighted by molar-refractivity contribution is -0.113. The minimum absolute atomic E-state index is 0.00268. The van der Waals surface area contributed by atoms with Gasteiger partial charge in [0.2, 0.25) is 11.8 Å². The molecule has 35 heavy (non-hydrogen) atoms. The summed E-state index contributed by atoms with van der Waals surface area (Å²) >= 11 is 1.53. The number of carbonyl (C=O) groups excluding carboxylic acids is 1. The molecule has 6 rings (SSSR count). The van der Waals surface area contributed by atoms with E-state index in [1.807, 2.05) is 18.2 Å². The van der Waals surface area contributed by atoms with Crippen molar-refractivity contribution >= 4 is 34.5 Å². The number of nitrogens with one attached hydrogen (secondary N) is 2. The number of hydrogen-bond acceptors (Lipinski definition) is 8. The molecule has 2 atom stereocenters. The van der Waals surface area contributed by atoms with Crippen LogP contribution in [0.2, 0.25) is 0 Å². The van der Waals surface area contributed by atoms with Gasteiger partial charge in [0.25, 0.3) is 0 Å². The summed E-state index contributed by atoms with van der Waals surface area (Å²) in [6, 6.07) is 7.64. The van der Waals surface area contributed by atoms with E-state index in [9.17, 15) is 9.18 Å². The Kier molecular flexibility index (Phi) is 5.82. The van der Waals surface area contributed by atoms with Crippen LogP contribution in [0.15, 0.2) is 35.4 Å². The Morgan fingerprint density at radius 2 is 2.23 bits per heavy atom. The molecule has 2 N–H and O–H groups in total. The van der Waals surface area contributed by atoms with Gasteiger partial charge in [-0.2, -0.15) is 0 Å². The summed E-state index contributed by atoms with van der Waals surface area (Å²) in [7, 11) is 1.56. The van der Waals surface area contributed by atoms with E-state index in [0.717, 1.165) is 43.1 Å². The van der Waals surface area contributed by atoms with Gasteiger partial charge in [0.15, 0.2) is 0 Å². The molecule has 1 aliphatic carbocycles. The van der Waals surface area contributed by atoms with Crippen LogP contribution in [-0.4, -0.2) is 63.8 Å². The van der Waals surface area contributed by atoms with Crippen LogP contribution in [0, 0.1) is 11.7 Å². The van der Waals surface area contributed by atoms with Gasteiger partial charge in [-0.15, -0.1) is 11.8 Å². The molecular weight excluding hydrogens is 467 g/mol. The van der Waals surface area contributed by atoms with E-state index in [1.54, 1.807) is 13.2 Å². The zero-order valence-corrected chi connectivity index (χ0v) is 20.3. The van der Waals surface area contributed by atoms with Gasteiger partial charge in [0.05, 0.1) is 40.7 Å². The van der Waals surface area contributed by atoms with Gasteiger partial charge in [-0.3, -0.25) is 9.78 Å². The molecule has 5 heterocycles. The number of halogens is 1. The van der Waals surface area contributed by atoms with Crippen molar-refractivity contribution < 1.29 is 13.9 Å². The van der Waals surface area contributed by atoms with Crippen LogP contribution < -0.4 is 15.4 Å². The molecule has 182 valence electrons. The minimum Gasteiger partial charge on any atom is -0.481 e. The number of anilines is 1. The van der Waals surface area contributed by atoms with Gasteiger partial charge in [-0.25, -0.2) is 14.4 Å². The predicted molar refractivity (Wildman–Crippen MR) is 132 cm³/mol. The average Bonchev–Trinajstić information content (AvgIpc) is 3.60. The van der Waals surface area contributed by atoms with E-state index in [-0.39, 0.29) is 17.3 Å². The maximum absolute atomic E-state index is 14.6. The number of ether oxygens (including phenoxy) is 1. The second kappa shape index (κ2) is 9.00. The summed E-state index contributed by atoms with van der Waals surface area (Å²) in [4.78, 5) is 28.4. The highest BCUT2D eigenvalue weighted by Crippen LogP contribution is 2.49. The first-order valence-corrected chi connectivity index (χ1v) is 12.9. The predicted octanol–water partition coefficient (Wildman–Crippen LogP) is 3.01. The van der Waals surface area contributed by atoms with Crippen molar-refractivity contribution in [3.05, 3.63) is 47.5 Å². The number of piperidine rings is 1. The number of aromatic nitrogens is 3. The normalized spacial score (nSPS) is 23.5. The number of hydrogen-bond donors (Lipinski definition) is 2. The van der Waals surface area contributed by atoms with Crippen LogP contribution in [-0.2, 0) is 17.8 Å². The molecule has 3 aromatic heterocycles. The Hall–Kier alpha value is -2.82. The number of fused-ring (bicyclic) bond motifs is 3. The van der Waals surface area contributed by atoms with Crippen molar-refractivity contribution in [2.45, 2.75) is 36.2 Å². The summed E-state index contributed by atoms with van der Waals surface area (Å²) in [5.41, 5.74) is 2.96. The van der Waals surface area contributed by atoms with Crippen molar-refractivity contribution in [1.29, 1.82) is 0 Å². The van der Waals surface area contributed by atoms with Crippen molar-refractivity contribution in [2.24, 2.45) is 5.92 Å². The highest BCUT2D eigenvalue weighted by Gasteiger charge is 2.56. The van der Waals surface area contributed by atoms with Gasteiger partial charge in [-0.1, -0.05) is 0 Å². The summed E-state index contributed by atoms with van der Waals surface area (Å²) in [5, 5.41) is 6.61. The molecule has 0 radical (unpaired) electrons. The Bertz CT molecular complexity index is 1310. The summed E-state index contributed by atoms with van der Waals surface area (Å²) < 4.78 is 19.9. The van der Waals surface area contributed by atoms with Crippen molar-refractivity contribution in [2.75, 3.05) is 37.8 Å². The lowest BCUT2D eigenvalue weighted by atomic mass is 10.0. The van der Waals surface area contributed by atoms with E-state index in [4.69, 9.17) is 4.74 Å². The Balaban J connectivity index is 1.06. The first kappa shape index (κ1) is 22.6. The second-order valence-electron chi connectivity index (χ2n) is 9.50. The Morgan fingerprint density at radius 1 is 1.31 bits per heavy atom. The van der Waals surface area contributed by atoms with Gasteiger partial charge in [-0.05, 0) is 49.9 Å². The minimum atomic E-state index is -0.315. The zero-order valence-electron chi connectivity index (χ0n) is 19.5.